The fraction of sp³-hybridized carbons (Fsp3) is 0.286. The Kier molecular flexibility index (Phi) is 4.29. The highest BCUT2D eigenvalue weighted by atomic mass is 35.5. The fourth-order valence-corrected chi connectivity index (χ4v) is 2.06. The standard InChI is InChI=1S/C14H15ClN2O3/c1-8-12(9(2)20-17-8)7-16-13-6-10(15)4-5-11(13)14(18)19-3/h4-6,16H,7H2,1-3H3. The molecule has 0 bridgehead atoms. The summed E-state index contributed by atoms with van der Waals surface area (Å²) in [6, 6.07) is 4.96. The second-order valence-electron chi connectivity index (χ2n) is 4.34. The number of benzene rings is 1. The minimum atomic E-state index is -0.414. The van der Waals surface area contributed by atoms with Gasteiger partial charge < -0.3 is 14.6 Å². The third kappa shape index (κ3) is 2.93. The first-order valence-electron chi connectivity index (χ1n) is 6.06. The lowest BCUT2D eigenvalue weighted by molar-refractivity contribution is 0.0602. The molecule has 0 atom stereocenters. The van der Waals surface area contributed by atoms with Gasteiger partial charge in [-0.15, -0.1) is 0 Å². The Morgan fingerprint density at radius 3 is 2.80 bits per heavy atom. The molecule has 106 valence electrons. The van der Waals surface area contributed by atoms with Crippen LogP contribution in [-0.4, -0.2) is 18.2 Å². The molecule has 0 aliphatic carbocycles. The third-order valence-electron chi connectivity index (χ3n) is 3.02. The van der Waals surface area contributed by atoms with E-state index in [4.69, 9.17) is 20.9 Å². The number of rotatable bonds is 4. The molecule has 0 saturated heterocycles. The summed E-state index contributed by atoms with van der Waals surface area (Å²) in [5.74, 6) is 0.333. The number of esters is 1. The Bertz CT molecular complexity index is 618. The molecule has 0 aliphatic heterocycles. The zero-order valence-corrected chi connectivity index (χ0v) is 12.2. The molecule has 5 nitrogen and oxygen atoms in total. The van der Waals surface area contributed by atoms with E-state index in [1.54, 1.807) is 18.2 Å². The molecule has 1 aromatic carbocycles. The molecular formula is C14H15ClN2O3. The van der Waals surface area contributed by atoms with Gasteiger partial charge in [0.05, 0.1) is 24.1 Å². The predicted molar refractivity (Wildman–Crippen MR) is 76.1 cm³/mol. The molecule has 2 aromatic rings. The zero-order chi connectivity index (χ0) is 14.7. The largest absolute Gasteiger partial charge is 0.465 e. The van der Waals surface area contributed by atoms with Crippen LogP contribution in [0, 0.1) is 13.8 Å². The molecule has 20 heavy (non-hydrogen) atoms. The van der Waals surface area contributed by atoms with Crippen molar-refractivity contribution in [1.82, 2.24) is 5.16 Å². The number of aromatic nitrogens is 1. The molecule has 0 amide bonds. The van der Waals surface area contributed by atoms with E-state index in [-0.39, 0.29) is 0 Å². The number of carbonyl (C=O) groups is 1. The van der Waals surface area contributed by atoms with Crippen LogP contribution < -0.4 is 5.32 Å². The summed E-state index contributed by atoms with van der Waals surface area (Å²) in [6.45, 7) is 4.20. The SMILES string of the molecule is COC(=O)c1ccc(Cl)cc1NCc1c(C)noc1C. The van der Waals surface area contributed by atoms with E-state index in [9.17, 15) is 4.79 Å². The van der Waals surface area contributed by atoms with Gasteiger partial charge in [0.2, 0.25) is 0 Å². The Morgan fingerprint density at radius 2 is 2.20 bits per heavy atom. The van der Waals surface area contributed by atoms with Crippen LogP contribution >= 0.6 is 11.6 Å². The summed E-state index contributed by atoms with van der Waals surface area (Å²) in [5.41, 5.74) is 2.82. The van der Waals surface area contributed by atoms with Crippen LogP contribution in [0.4, 0.5) is 5.69 Å². The number of ether oxygens (including phenoxy) is 1. The summed E-state index contributed by atoms with van der Waals surface area (Å²) in [5, 5.41) is 7.60. The Labute approximate surface area is 121 Å². The first-order valence-corrected chi connectivity index (χ1v) is 6.44. The van der Waals surface area contributed by atoms with Gasteiger partial charge in [0.25, 0.3) is 0 Å². The van der Waals surface area contributed by atoms with Gasteiger partial charge in [-0.2, -0.15) is 0 Å². The minimum absolute atomic E-state index is 0.414. The average molecular weight is 295 g/mol. The average Bonchev–Trinajstić information content (AvgIpc) is 2.75. The van der Waals surface area contributed by atoms with Crippen LogP contribution in [0.1, 0.15) is 27.4 Å². The van der Waals surface area contributed by atoms with E-state index in [1.807, 2.05) is 13.8 Å². The summed E-state index contributed by atoms with van der Waals surface area (Å²) in [4.78, 5) is 11.7. The van der Waals surface area contributed by atoms with Gasteiger partial charge in [-0.3, -0.25) is 0 Å². The summed E-state index contributed by atoms with van der Waals surface area (Å²) in [6.07, 6.45) is 0. The van der Waals surface area contributed by atoms with Crippen LogP contribution in [0.2, 0.25) is 5.02 Å². The maximum absolute atomic E-state index is 11.7. The number of carbonyl (C=O) groups excluding carboxylic acids is 1. The van der Waals surface area contributed by atoms with Crippen molar-refractivity contribution in [2.24, 2.45) is 0 Å². The van der Waals surface area contributed by atoms with E-state index in [0.717, 1.165) is 17.0 Å². The van der Waals surface area contributed by atoms with Crippen molar-refractivity contribution in [2.45, 2.75) is 20.4 Å². The lowest BCUT2D eigenvalue weighted by atomic mass is 10.1. The van der Waals surface area contributed by atoms with E-state index in [2.05, 4.69) is 10.5 Å². The number of halogens is 1. The lowest BCUT2D eigenvalue weighted by Gasteiger charge is -2.11. The second kappa shape index (κ2) is 5.96. The highest BCUT2D eigenvalue weighted by Gasteiger charge is 2.14. The normalized spacial score (nSPS) is 10.4. The molecule has 0 spiro atoms. The van der Waals surface area contributed by atoms with Crippen molar-refractivity contribution in [3.8, 4) is 0 Å². The smallest absolute Gasteiger partial charge is 0.339 e. The highest BCUT2D eigenvalue weighted by Crippen LogP contribution is 2.23. The van der Waals surface area contributed by atoms with Gasteiger partial charge in [0, 0.05) is 17.1 Å². The van der Waals surface area contributed by atoms with Crippen LogP contribution in [0.5, 0.6) is 0 Å². The van der Waals surface area contributed by atoms with Crippen LogP contribution in [0.3, 0.4) is 0 Å². The van der Waals surface area contributed by atoms with E-state index >= 15 is 0 Å². The molecule has 0 saturated carbocycles. The molecule has 1 aromatic heterocycles. The Morgan fingerprint density at radius 1 is 1.45 bits per heavy atom. The van der Waals surface area contributed by atoms with E-state index in [1.165, 1.54) is 7.11 Å². The van der Waals surface area contributed by atoms with Gasteiger partial charge in [0.1, 0.15) is 5.76 Å². The maximum Gasteiger partial charge on any atom is 0.339 e. The van der Waals surface area contributed by atoms with Crippen molar-refractivity contribution in [1.29, 1.82) is 0 Å². The molecule has 0 aliphatic rings. The molecule has 0 unspecified atom stereocenters. The fourth-order valence-electron chi connectivity index (χ4n) is 1.89. The first-order chi connectivity index (χ1) is 9.52. The summed E-state index contributed by atoms with van der Waals surface area (Å²) in [7, 11) is 1.34. The van der Waals surface area contributed by atoms with Crippen molar-refractivity contribution >= 4 is 23.3 Å². The number of aryl methyl sites for hydroxylation is 2. The van der Waals surface area contributed by atoms with Crippen molar-refractivity contribution in [3.05, 3.63) is 45.8 Å². The molecular weight excluding hydrogens is 280 g/mol. The van der Waals surface area contributed by atoms with Gasteiger partial charge >= 0.3 is 5.97 Å². The summed E-state index contributed by atoms with van der Waals surface area (Å²) < 4.78 is 9.85. The number of nitrogens with one attached hydrogen (secondary N) is 1. The number of methoxy groups -OCH3 is 1. The monoisotopic (exact) mass is 294 g/mol. The van der Waals surface area contributed by atoms with Crippen LogP contribution in [-0.2, 0) is 11.3 Å². The Hall–Kier alpha value is -2.01. The van der Waals surface area contributed by atoms with E-state index < -0.39 is 5.97 Å². The molecule has 0 radical (unpaired) electrons. The van der Waals surface area contributed by atoms with Crippen molar-refractivity contribution in [3.63, 3.8) is 0 Å². The van der Waals surface area contributed by atoms with Crippen LogP contribution in [0.25, 0.3) is 0 Å². The van der Waals surface area contributed by atoms with Gasteiger partial charge in [0.15, 0.2) is 0 Å². The van der Waals surface area contributed by atoms with Gasteiger partial charge in [-0.25, -0.2) is 4.79 Å². The number of anilines is 1. The minimum Gasteiger partial charge on any atom is -0.465 e. The zero-order valence-electron chi connectivity index (χ0n) is 11.5. The predicted octanol–water partition coefficient (Wildman–Crippen LogP) is 3.34. The van der Waals surface area contributed by atoms with Crippen molar-refractivity contribution < 1.29 is 14.1 Å². The van der Waals surface area contributed by atoms with Crippen LogP contribution in [0.15, 0.2) is 22.7 Å². The molecule has 2 rings (SSSR count). The van der Waals surface area contributed by atoms with Gasteiger partial charge in [-0.1, -0.05) is 16.8 Å². The molecule has 1 N–H and O–H groups in total. The first kappa shape index (κ1) is 14.4. The highest BCUT2D eigenvalue weighted by molar-refractivity contribution is 6.31. The number of hydrogen-bond acceptors (Lipinski definition) is 5. The Balaban J connectivity index is 2.24. The van der Waals surface area contributed by atoms with Gasteiger partial charge in [-0.05, 0) is 32.0 Å². The molecule has 0 fully saturated rings. The lowest BCUT2D eigenvalue weighted by Crippen LogP contribution is -2.09. The second-order valence-corrected chi connectivity index (χ2v) is 4.77. The topological polar surface area (TPSA) is 64.4 Å². The van der Waals surface area contributed by atoms with Crippen molar-refractivity contribution in [2.75, 3.05) is 12.4 Å². The number of nitrogens with zero attached hydrogens (tertiary/aromatic N) is 1. The third-order valence-corrected chi connectivity index (χ3v) is 3.26. The van der Waals surface area contributed by atoms with E-state index in [0.29, 0.717) is 22.8 Å². The quantitative estimate of drug-likeness (QED) is 0.876. The number of hydrogen-bond donors (Lipinski definition) is 1. The maximum atomic E-state index is 11.7. The summed E-state index contributed by atoms with van der Waals surface area (Å²) >= 11 is 5.96. The molecule has 6 heteroatoms. The molecule has 1 heterocycles.